The molecule has 6 nitrogen and oxygen atoms in total. The maximum Gasteiger partial charge on any atom is 0.271 e. The lowest BCUT2D eigenvalue weighted by Gasteiger charge is -2.12. The highest BCUT2D eigenvalue weighted by Gasteiger charge is 2.30. The molecule has 1 N–H and O–H groups in total. The second kappa shape index (κ2) is 6.24. The topological polar surface area (TPSA) is 80.6 Å². The van der Waals surface area contributed by atoms with Crippen LogP contribution in [0.5, 0.6) is 0 Å². The summed E-state index contributed by atoms with van der Waals surface area (Å²) in [7, 11) is 0. The molecule has 4 heterocycles. The number of aromatic nitrogens is 4. The minimum absolute atomic E-state index is 0. The number of aryl methyl sites for hydroxylation is 1. The van der Waals surface area contributed by atoms with Gasteiger partial charge < -0.3 is 4.57 Å². The number of nitrogens with zero attached hydrogens (tertiary/aromatic N) is 3. The van der Waals surface area contributed by atoms with Crippen molar-refractivity contribution in [2.75, 3.05) is 0 Å². The van der Waals surface area contributed by atoms with Gasteiger partial charge in [-0.25, -0.2) is 9.37 Å². The van der Waals surface area contributed by atoms with Crippen LogP contribution < -0.4 is 11.0 Å². The molecule has 0 atom stereocenters. The zero-order valence-electron chi connectivity index (χ0n) is 14.2. The van der Waals surface area contributed by atoms with Gasteiger partial charge in [0.15, 0.2) is 0 Å². The standard InChI is InChI=1S/C18H13FN4O2S.ClH/c1-8-6-9(4-5-20-8)14-12(19)7-11-15(24)13-17(25)22-26-18(13)23(10-2-3-10)16(11)21-14;/h4-7,10H,2-3H2,1H3,(H,22,25);1H. The summed E-state index contributed by atoms with van der Waals surface area (Å²) in [6.07, 6.45) is 3.49. The van der Waals surface area contributed by atoms with E-state index in [0.717, 1.165) is 30.1 Å². The maximum atomic E-state index is 14.8. The Morgan fingerprint density at radius 2 is 2.07 bits per heavy atom. The number of hydrogen-bond acceptors (Lipinski definition) is 5. The Bertz CT molecular complexity index is 1320. The number of pyridine rings is 3. The van der Waals surface area contributed by atoms with Crippen molar-refractivity contribution in [2.24, 2.45) is 0 Å². The van der Waals surface area contributed by atoms with E-state index in [1.54, 1.807) is 18.3 Å². The Balaban J connectivity index is 0.00000180. The smallest absolute Gasteiger partial charge is 0.271 e. The Morgan fingerprint density at radius 3 is 2.78 bits per heavy atom. The lowest BCUT2D eigenvalue weighted by molar-refractivity contribution is 0.627. The summed E-state index contributed by atoms with van der Waals surface area (Å²) in [5.74, 6) is -0.589. The molecule has 1 saturated carbocycles. The Labute approximate surface area is 162 Å². The van der Waals surface area contributed by atoms with Crippen LogP contribution in [0.15, 0.2) is 34.0 Å². The molecule has 0 amide bonds. The van der Waals surface area contributed by atoms with E-state index >= 15 is 0 Å². The van der Waals surface area contributed by atoms with Crippen LogP contribution in [0.2, 0.25) is 0 Å². The van der Waals surface area contributed by atoms with Crippen molar-refractivity contribution in [2.45, 2.75) is 25.8 Å². The lowest BCUT2D eigenvalue weighted by Crippen LogP contribution is -2.16. The average molecular weight is 405 g/mol. The summed E-state index contributed by atoms with van der Waals surface area (Å²) in [5.41, 5.74) is 1.06. The van der Waals surface area contributed by atoms with E-state index in [0.29, 0.717) is 16.0 Å². The van der Waals surface area contributed by atoms with Crippen molar-refractivity contribution in [1.29, 1.82) is 0 Å². The molecule has 0 spiro atoms. The van der Waals surface area contributed by atoms with Gasteiger partial charge >= 0.3 is 0 Å². The molecule has 0 aromatic carbocycles. The van der Waals surface area contributed by atoms with Crippen LogP contribution >= 0.6 is 23.9 Å². The minimum atomic E-state index is -0.589. The van der Waals surface area contributed by atoms with Crippen molar-refractivity contribution in [3.63, 3.8) is 0 Å². The molecule has 0 bridgehead atoms. The van der Waals surface area contributed by atoms with E-state index in [9.17, 15) is 14.0 Å². The SMILES string of the molecule is Cc1cc(-c2nc3c(cc2F)c(=O)c2c(=O)[nH]sc2n3C2CC2)ccn1.Cl. The fourth-order valence-corrected chi connectivity index (χ4v) is 4.20. The molecule has 0 aliphatic heterocycles. The van der Waals surface area contributed by atoms with E-state index in [1.807, 2.05) is 11.5 Å². The van der Waals surface area contributed by atoms with Crippen LogP contribution in [-0.2, 0) is 0 Å². The second-order valence-corrected chi connectivity index (χ2v) is 7.31. The first-order chi connectivity index (χ1) is 12.5. The average Bonchev–Trinajstić information content (AvgIpc) is 3.38. The van der Waals surface area contributed by atoms with Crippen LogP contribution in [0.1, 0.15) is 24.6 Å². The molecule has 27 heavy (non-hydrogen) atoms. The fraction of sp³-hybridized carbons (Fsp3) is 0.222. The van der Waals surface area contributed by atoms with Gasteiger partial charge in [-0.2, -0.15) is 0 Å². The van der Waals surface area contributed by atoms with E-state index in [4.69, 9.17) is 0 Å². The first kappa shape index (κ1) is 17.8. The molecule has 4 aromatic rings. The Morgan fingerprint density at radius 1 is 1.30 bits per heavy atom. The summed E-state index contributed by atoms with van der Waals surface area (Å²) in [6.45, 7) is 1.82. The van der Waals surface area contributed by atoms with E-state index in [-0.39, 0.29) is 34.9 Å². The number of nitrogens with one attached hydrogen (secondary N) is 1. The lowest BCUT2D eigenvalue weighted by atomic mass is 10.1. The van der Waals surface area contributed by atoms with Crippen LogP contribution in [0, 0.1) is 12.7 Å². The van der Waals surface area contributed by atoms with E-state index in [1.165, 1.54) is 6.07 Å². The molecule has 4 aromatic heterocycles. The Hall–Kier alpha value is -2.58. The number of H-pyrrole nitrogens is 1. The van der Waals surface area contributed by atoms with Crippen molar-refractivity contribution in [1.82, 2.24) is 18.9 Å². The highest BCUT2D eigenvalue weighted by Crippen LogP contribution is 2.39. The molecule has 5 rings (SSSR count). The van der Waals surface area contributed by atoms with Gasteiger partial charge in [0.2, 0.25) is 5.43 Å². The van der Waals surface area contributed by atoms with Gasteiger partial charge in [-0.3, -0.25) is 18.9 Å². The predicted molar refractivity (Wildman–Crippen MR) is 105 cm³/mol. The third-order valence-corrected chi connectivity index (χ3v) is 5.52. The summed E-state index contributed by atoms with van der Waals surface area (Å²) < 4.78 is 19.3. The molecular formula is C18H14ClFN4O2S. The summed E-state index contributed by atoms with van der Waals surface area (Å²) in [4.78, 5) is 34.1. The van der Waals surface area contributed by atoms with Crippen LogP contribution in [0.3, 0.4) is 0 Å². The predicted octanol–water partition coefficient (Wildman–Crippen LogP) is 3.57. The van der Waals surface area contributed by atoms with Crippen molar-refractivity contribution in [3.05, 3.63) is 56.5 Å². The van der Waals surface area contributed by atoms with Crippen LogP contribution in [0.25, 0.3) is 32.5 Å². The van der Waals surface area contributed by atoms with Crippen molar-refractivity contribution >= 4 is 45.2 Å². The monoisotopic (exact) mass is 404 g/mol. The summed E-state index contributed by atoms with van der Waals surface area (Å²) >= 11 is 1.13. The van der Waals surface area contributed by atoms with Gasteiger partial charge in [-0.1, -0.05) is 0 Å². The highest BCUT2D eigenvalue weighted by atomic mass is 35.5. The number of fused-ring (bicyclic) bond motifs is 2. The highest BCUT2D eigenvalue weighted by molar-refractivity contribution is 7.12. The number of hydrogen-bond donors (Lipinski definition) is 1. The molecular weight excluding hydrogens is 391 g/mol. The van der Waals surface area contributed by atoms with Crippen molar-refractivity contribution in [3.8, 4) is 11.3 Å². The minimum Gasteiger partial charge on any atom is -0.312 e. The Kier molecular flexibility index (Phi) is 4.12. The number of aromatic amines is 1. The molecule has 9 heteroatoms. The molecule has 1 aliphatic rings. The number of rotatable bonds is 2. The third-order valence-electron chi connectivity index (χ3n) is 4.64. The first-order valence-electron chi connectivity index (χ1n) is 8.23. The van der Waals surface area contributed by atoms with Gasteiger partial charge in [0.25, 0.3) is 5.56 Å². The molecule has 1 fully saturated rings. The fourth-order valence-electron chi connectivity index (χ4n) is 3.29. The zero-order valence-corrected chi connectivity index (χ0v) is 15.8. The molecule has 0 unspecified atom stereocenters. The molecule has 1 aliphatic carbocycles. The van der Waals surface area contributed by atoms with Crippen molar-refractivity contribution < 1.29 is 4.39 Å². The van der Waals surface area contributed by atoms with E-state index in [2.05, 4.69) is 14.3 Å². The van der Waals surface area contributed by atoms with Gasteiger partial charge in [0, 0.05) is 23.5 Å². The molecule has 0 radical (unpaired) electrons. The third kappa shape index (κ3) is 2.67. The van der Waals surface area contributed by atoms with Crippen LogP contribution in [-0.4, -0.2) is 18.9 Å². The largest absolute Gasteiger partial charge is 0.312 e. The van der Waals surface area contributed by atoms with Gasteiger partial charge in [0.05, 0.1) is 5.39 Å². The normalized spacial score (nSPS) is 13.9. The maximum absolute atomic E-state index is 14.8. The van der Waals surface area contributed by atoms with Gasteiger partial charge in [-0.15, -0.1) is 12.4 Å². The summed E-state index contributed by atoms with van der Waals surface area (Å²) in [6, 6.07) is 4.82. The second-order valence-electron chi connectivity index (χ2n) is 6.52. The van der Waals surface area contributed by atoms with Gasteiger partial charge in [-0.05, 0) is 49.5 Å². The zero-order chi connectivity index (χ0) is 18.0. The van der Waals surface area contributed by atoms with E-state index < -0.39 is 16.8 Å². The molecule has 0 saturated heterocycles. The first-order valence-corrected chi connectivity index (χ1v) is 9.05. The number of halogens is 2. The molecule has 138 valence electrons. The van der Waals surface area contributed by atoms with Crippen LogP contribution in [0.4, 0.5) is 4.39 Å². The quantitative estimate of drug-likeness (QED) is 0.554. The van der Waals surface area contributed by atoms with Gasteiger partial charge in [0.1, 0.15) is 27.4 Å². The summed E-state index contributed by atoms with van der Waals surface area (Å²) in [5, 5.41) is 0.225.